The van der Waals surface area contributed by atoms with Gasteiger partial charge in [0.25, 0.3) is 11.8 Å². The average molecular weight is 438 g/mol. The molecule has 0 saturated heterocycles. The molecule has 4 rings (SSSR count). The Hall–Kier alpha value is -4.07. The minimum absolute atomic E-state index is 0.0361. The minimum atomic E-state index is -0.929. The number of anilines is 2. The van der Waals surface area contributed by atoms with Crippen LogP contribution in [0.5, 0.6) is 5.75 Å². The van der Waals surface area contributed by atoms with Crippen LogP contribution in [-0.2, 0) is 9.59 Å². The first-order valence-electron chi connectivity index (χ1n) is 9.73. The van der Waals surface area contributed by atoms with Gasteiger partial charge in [0.2, 0.25) is 0 Å². The van der Waals surface area contributed by atoms with E-state index in [1.165, 1.54) is 24.3 Å². The molecule has 0 radical (unpaired) electrons. The Labute approximate surface area is 181 Å². The molecule has 0 fully saturated rings. The summed E-state index contributed by atoms with van der Waals surface area (Å²) in [7, 11) is 0. The van der Waals surface area contributed by atoms with Gasteiger partial charge in [0.15, 0.2) is 0 Å². The molecule has 8 heteroatoms. The lowest BCUT2D eigenvalue weighted by Crippen LogP contribution is -2.33. The minimum Gasteiger partial charge on any atom is -0.494 e. The fourth-order valence-corrected chi connectivity index (χ4v) is 3.35. The van der Waals surface area contributed by atoms with Gasteiger partial charge in [-0.3, -0.25) is 9.59 Å². The van der Waals surface area contributed by atoms with Gasteiger partial charge < -0.3 is 10.1 Å². The number of nitrogens with zero attached hydrogens (tertiary/aromatic N) is 1. The molecule has 0 aliphatic carbocycles. The SMILES string of the molecule is CCOc1ccc(C2=C(Nc3ccc(F)cc3)C(=O)N(c3cc(F)ccc3F)C2=O)cc1. The van der Waals surface area contributed by atoms with Gasteiger partial charge in [-0.2, -0.15) is 0 Å². The zero-order valence-corrected chi connectivity index (χ0v) is 16.9. The predicted molar refractivity (Wildman–Crippen MR) is 113 cm³/mol. The summed E-state index contributed by atoms with van der Waals surface area (Å²) in [5.74, 6) is -3.34. The third-order valence-corrected chi connectivity index (χ3v) is 4.80. The van der Waals surface area contributed by atoms with Gasteiger partial charge in [0.1, 0.15) is 28.9 Å². The van der Waals surface area contributed by atoms with Crippen LogP contribution in [0.25, 0.3) is 5.57 Å². The molecule has 1 heterocycles. The summed E-state index contributed by atoms with van der Waals surface area (Å²) in [6, 6.07) is 14.1. The Morgan fingerprint density at radius 3 is 2.16 bits per heavy atom. The number of hydrogen-bond donors (Lipinski definition) is 1. The number of hydrogen-bond acceptors (Lipinski definition) is 4. The molecule has 3 aromatic carbocycles. The molecule has 0 bridgehead atoms. The number of amides is 2. The Balaban J connectivity index is 1.81. The van der Waals surface area contributed by atoms with Crippen LogP contribution < -0.4 is 15.0 Å². The maximum atomic E-state index is 14.4. The first kappa shape index (κ1) is 21.2. The summed E-state index contributed by atoms with van der Waals surface area (Å²) in [6.45, 7) is 2.27. The van der Waals surface area contributed by atoms with Crippen molar-refractivity contribution in [2.24, 2.45) is 0 Å². The second-order valence-electron chi connectivity index (χ2n) is 6.88. The van der Waals surface area contributed by atoms with Gasteiger partial charge >= 0.3 is 0 Å². The number of rotatable bonds is 6. The quantitative estimate of drug-likeness (QED) is 0.557. The van der Waals surface area contributed by atoms with Crippen LogP contribution >= 0.6 is 0 Å². The zero-order chi connectivity index (χ0) is 22.8. The number of halogens is 3. The lowest BCUT2D eigenvalue weighted by molar-refractivity contribution is -0.120. The fraction of sp³-hybridized carbons (Fsp3) is 0.0833. The van der Waals surface area contributed by atoms with Crippen LogP contribution in [0.2, 0.25) is 0 Å². The van der Waals surface area contributed by atoms with Crippen LogP contribution in [-0.4, -0.2) is 18.4 Å². The molecule has 0 spiro atoms. The van der Waals surface area contributed by atoms with Crippen molar-refractivity contribution in [3.63, 3.8) is 0 Å². The van der Waals surface area contributed by atoms with E-state index in [9.17, 15) is 22.8 Å². The molecule has 0 saturated carbocycles. The highest BCUT2D eigenvalue weighted by Crippen LogP contribution is 2.35. The van der Waals surface area contributed by atoms with Crippen molar-refractivity contribution in [3.05, 3.63) is 95.4 Å². The smallest absolute Gasteiger partial charge is 0.282 e. The van der Waals surface area contributed by atoms with Crippen molar-refractivity contribution in [3.8, 4) is 5.75 Å². The summed E-state index contributed by atoms with van der Waals surface area (Å²) in [5, 5.41) is 2.82. The number of ether oxygens (including phenoxy) is 1. The maximum Gasteiger partial charge on any atom is 0.282 e. The van der Waals surface area contributed by atoms with Crippen molar-refractivity contribution >= 4 is 28.8 Å². The van der Waals surface area contributed by atoms with Crippen molar-refractivity contribution in [2.75, 3.05) is 16.8 Å². The molecule has 1 aliphatic heterocycles. The lowest BCUT2D eigenvalue weighted by Gasteiger charge is -2.16. The second-order valence-corrected chi connectivity index (χ2v) is 6.88. The van der Waals surface area contributed by atoms with Crippen molar-refractivity contribution in [1.29, 1.82) is 0 Å². The Morgan fingerprint density at radius 1 is 0.844 bits per heavy atom. The Bertz CT molecular complexity index is 1220. The highest BCUT2D eigenvalue weighted by molar-refractivity contribution is 6.46. The van der Waals surface area contributed by atoms with E-state index in [4.69, 9.17) is 4.74 Å². The number of nitrogens with one attached hydrogen (secondary N) is 1. The van der Waals surface area contributed by atoms with Crippen molar-refractivity contribution < 1.29 is 27.5 Å². The van der Waals surface area contributed by atoms with Gasteiger partial charge in [0.05, 0.1) is 17.9 Å². The summed E-state index contributed by atoms with van der Waals surface area (Å²) in [5.41, 5.74) is 0.0306. The maximum absolute atomic E-state index is 14.4. The molecule has 0 aromatic heterocycles. The van der Waals surface area contributed by atoms with Crippen LogP contribution in [0.4, 0.5) is 24.5 Å². The van der Waals surface area contributed by atoms with E-state index >= 15 is 0 Å². The fourth-order valence-electron chi connectivity index (χ4n) is 3.35. The molecule has 1 N–H and O–H groups in total. The van der Waals surface area contributed by atoms with Gasteiger partial charge in [-0.05, 0) is 61.0 Å². The molecular weight excluding hydrogens is 421 g/mol. The van der Waals surface area contributed by atoms with Gasteiger partial charge in [-0.15, -0.1) is 0 Å². The highest BCUT2D eigenvalue weighted by atomic mass is 19.1. The monoisotopic (exact) mass is 438 g/mol. The van der Waals surface area contributed by atoms with E-state index in [1.54, 1.807) is 24.3 Å². The van der Waals surface area contributed by atoms with E-state index < -0.39 is 35.0 Å². The summed E-state index contributed by atoms with van der Waals surface area (Å²) < 4.78 is 46.9. The summed E-state index contributed by atoms with van der Waals surface area (Å²) in [4.78, 5) is 27.1. The predicted octanol–water partition coefficient (Wildman–Crippen LogP) is 4.90. The molecule has 2 amide bonds. The highest BCUT2D eigenvalue weighted by Gasteiger charge is 2.41. The first-order valence-corrected chi connectivity index (χ1v) is 9.73. The molecule has 5 nitrogen and oxygen atoms in total. The standard InChI is InChI=1S/C24H17F3N2O3/c1-2-32-18-10-3-14(4-11-18)21-22(28-17-8-5-15(25)6-9-17)24(31)29(23(21)30)20-13-16(26)7-12-19(20)27/h3-13,28H,2H2,1H3. The van der Waals surface area contributed by atoms with Crippen LogP contribution in [0.15, 0.2) is 72.4 Å². The molecular formula is C24H17F3N2O3. The van der Waals surface area contributed by atoms with E-state index in [0.717, 1.165) is 18.2 Å². The Kier molecular flexibility index (Phi) is 5.68. The molecule has 0 atom stereocenters. The molecule has 1 aliphatic rings. The number of carbonyl (C=O) groups is 2. The largest absolute Gasteiger partial charge is 0.494 e. The number of benzene rings is 3. The van der Waals surface area contributed by atoms with E-state index in [-0.39, 0.29) is 11.3 Å². The molecule has 3 aromatic rings. The molecule has 0 unspecified atom stereocenters. The molecule has 32 heavy (non-hydrogen) atoms. The number of carbonyl (C=O) groups excluding carboxylic acids is 2. The Morgan fingerprint density at radius 2 is 1.50 bits per heavy atom. The van der Waals surface area contributed by atoms with Crippen LogP contribution in [0.3, 0.4) is 0 Å². The average Bonchev–Trinajstić information content (AvgIpc) is 3.02. The summed E-state index contributed by atoms with van der Waals surface area (Å²) in [6.07, 6.45) is 0. The van der Waals surface area contributed by atoms with Gasteiger partial charge in [-0.1, -0.05) is 12.1 Å². The lowest BCUT2D eigenvalue weighted by atomic mass is 10.0. The second kappa shape index (κ2) is 8.58. The van der Waals surface area contributed by atoms with Crippen molar-refractivity contribution in [1.82, 2.24) is 0 Å². The first-order chi connectivity index (χ1) is 15.4. The van der Waals surface area contributed by atoms with Gasteiger partial charge in [0, 0.05) is 11.8 Å². The van der Waals surface area contributed by atoms with Crippen LogP contribution in [0, 0.1) is 17.5 Å². The molecule has 162 valence electrons. The van der Waals surface area contributed by atoms with Crippen molar-refractivity contribution in [2.45, 2.75) is 6.92 Å². The summed E-state index contributed by atoms with van der Waals surface area (Å²) >= 11 is 0. The van der Waals surface area contributed by atoms with E-state index in [2.05, 4.69) is 5.32 Å². The normalized spacial score (nSPS) is 13.7. The third-order valence-electron chi connectivity index (χ3n) is 4.80. The topological polar surface area (TPSA) is 58.6 Å². The van der Waals surface area contributed by atoms with E-state index in [1.807, 2.05) is 6.92 Å². The van der Waals surface area contributed by atoms with Gasteiger partial charge in [-0.25, -0.2) is 18.1 Å². The third kappa shape index (κ3) is 3.94. The number of imide groups is 1. The zero-order valence-electron chi connectivity index (χ0n) is 16.9. The van der Waals surface area contributed by atoms with Crippen LogP contribution in [0.1, 0.15) is 12.5 Å². The van der Waals surface area contributed by atoms with E-state index in [0.29, 0.717) is 28.5 Å².